The molecule has 1 aliphatic heterocycles. The zero-order chi connectivity index (χ0) is 14.5. The molecular weight excluding hydrogens is 256 g/mol. The molecule has 1 saturated heterocycles. The summed E-state index contributed by atoms with van der Waals surface area (Å²) >= 11 is 0. The van der Waals surface area contributed by atoms with Gasteiger partial charge in [0.15, 0.2) is 0 Å². The molecular formula is C14H24N4O2. The molecule has 6 nitrogen and oxygen atoms in total. The Morgan fingerprint density at radius 2 is 2.40 bits per heavy atom. The van der Waals surface area contributed by atoms with E-state index >= 15 is 0 Å². The van der Waals surface area contributed by atoms with Crippen LogP contribution in [0.2, 0.25) is 0 Å². The van der Waals surface area contributed by atoms with E-state index in [4.69, 9.17) is 4.74 Å². The van der Waals surface area contributed by atoms with Gasteiger partial charge < -0.3 is 14.6 Å². The summed E-state index contributed by atoms with van der Waals surface area (Å²) in [7, 11) is 1.63. The quantitative estimate of drug-likeness (QED) is 0.870. The minimum absolute atomic E-state index is 0.0922. The van der Waals surface area contributed by atoms with Crippen LogP contribution in [0.15, 0.2) is 12.4 Å². The lowest BCUT2D eigenvalue weighted by Gasteiger charge is -2.40. The van der Waals surface area contributed by atoms with Gasteiger partial charge in [0.25, 0.3) is 0 Å². The minimum Gasteiger partial charge on any atom is -0.384 e. The minimum atomic E-state index is -0.0922. The van der Waals surface area contributed by atoms with Gasteiger partial charge in [0, 0.05) is 39.1 Å². The van der Waals surface area contributed by atoms with E-state index in [1.807, 2.05) is 18.0 Å². The lowest BCUT2D eigenvalue weighted by Crippen LogP contribution is -2.52. The van der Waals surface area contributed by atoms with Gasteiger partial charge >= 0.3 is 0 Å². The Balaban J connectivity index is 2.06. The van der Waals surface area contributed by atoms with Crippen LogP contribution < -0.4 is 0 Å². The molecule has 0 spiro atoms. The van der Waals surface area contributed by atoms with Gasteiger partial charge in [0.05, 0.1) is 18.6 Å². The third kappa shape index (κ3) is 3.19. The molecule has 20 heavy (non-hydrogen) atoms. The van der Waals surface area contributed by atoms with Crippen molar-refractivity contribution >= 4 is 5.91 Å². The van der Waals surface area contributed by atoms with Crippen molar-refractivity contribution in [1.29, 1.82) is 0 Å². The molecule has 0 bridgehead atoms. The van der Waals surface area contributed by atoms with Crippen LogP contribution in [-0.4, -0.2) is 65.6 Å². The number of nitrogens with one attached hydrogen (secondary N) is 1. The highest BCUT2D eigenvalue weighted by Gasteiger charge is 2.32. The summed E-state index contributed by atoms with van der Waals surface area (Å²) in [4.78, 5) is 24.2. The Bertz CT molecular complexity index is 421. The first-order chi connectivity index (χ1) is 9.67. The normalized spacial score (nSPS) is 21.9. The van der Waals surface area contributed by atoms with Gasteiger partial charge in [-0.15, -0.1) is 0 Å². The number of likely N-dealkylation sites (N-methyl/N-ethyl adjacent to an activating group) is 1. The Morgan fingerprint density at radius 3 is 3.00 bits per heavy atom. The highest BCUT2D eigenvalue weighted by molar-refractivity contribution is 5.78. The van der Waals surface area contributed by atoms with Crippen molar-refractivity contribution in [2.24, 2.45) is 5.92 Å². The molecule has 0 aromatic carbocycles. The van der Waals surface area contributed by atoms with Crippen LogP contribution in [-0.2, 0) is 9.53 Å². The Morgan fingerprint density at radius 1 is 1.60 bits per heavy atom. The van der Waals surface area contributed by atoms with Crippen molar-refractivity contribution in [1.82, 2.24) is 19.8 Å². The zero-order valence-electron chi connectivity index (χ0n) is 12.5. The van der Waals surface area contributed by atoms with Crippen LogP contribution >= 0.6 is 0 Å². The maximum atomic E-state index is 12.4. The van der Waals surface area contributed by atoms with Gasteiger partial charge in [0.1, 0.15) is 5.82 Å². The van der Waals surface area contributed by atoms with Gasteiger partial charge in [-0.1, -0.05) is 13.8 Å². The number of hydrogen-bond acceptors (Lipinski definition) is 4. The second-order valence-corrected chi connectivity index (χ2v) is 5.26. The lowest BCUT2D eigenvalue weighted by atomic mass is 10.1. The highest BCUT2D eigenvalue weighted by atomic mass is 16.5. The molecule has 2 heterocycles. The monoisotopic (exact) mass is 280 g/mol. The van der Waals surface area contributed by atoms with E-state index in [9.17, 15) is 4.79 Å². The van der Waals surface area contributed by atoms with Crippen LogP contribution in [0.1, 0.15) is 25.7 Å². The van der Waals surface area contributed by atoms with Crippen LogP contribution in [0, 0.1) is 5.92 Å². The predicted molar refractivity (Wildman–Crippen MR) is 76.2 cm³/mol. The van der Waals surface area contributed by atoms with Crippen molar-refractivity contribution < 1.29 is 9.53 Å². The molecule has 6 heteroatoms. The summed E-state index contributed by atoms with van der Waals surface area (Å²) in [5.74, 6) is 1.01. The average Bonchev–Trinajstić information content (AvgIpc) is 3.00. The van der Waals surface area contributed by atoms with Crippen molar-refractivity contribution in [2.75, 3.05) is 39.9 Å². The van der Waals surface area contributed by atoms with E-state index in [0.717, 1.165) is 25.5 Å². The molecule has 2 rings (SSSR count). The third-order valence-corrected chi connectivity index (χ3v) is 3.88. The molecule has 1 aliphatic rings. The van der Waals surface area contributed by atoms with Crippen molar-refractivity contribution in [2.45, 2.75) is 19.9 Å². The van der Waals surface area contributed by atoms with Gasteiger partial charge in [-0.25, -0.2) is 4.98 Å². The fourth-order valence-corrected chi connectivity index (χ4v) is 2.75. The summed E-state index contributed by atoms with van der Waals surface area (Å²) in [5, 5.41) is 0. The number of methoxy groups -OCH3 is 1. The molecule has 112 valence electrons. The van der Waals surface area contributed by atoms with Crippen LogP contribution in [0.4, 0.5) is 0 Å². The summed E-state index contributed by atoms with van der Waals surface area (Å²) in [6.07, 6.45) is 3.59. The molecule has 0 radical (unpaired) electrons. The van der Waals surface area contributed by atoms with E-state index in [-0.39, 0.29) is 17.9 Å². The summed E-state index contributed by atoms with van der Waals surface area (Å²) in [6.45, 7) is 7.83. The molecule has 1 amide bonds. The third-order valence-electron chi connectivity index (χ3n) is 3.88. The average molecular weight is 280 g/mol. The smallest absolute Gasteiger partial charge is 0.227 e. The molecule has 1 aromatic rings. The number of ether oxygens (including phenoxy) is 1. The maximum Gasteiger partial charge on any atom is 0.227 e. The van der Waals surface area contributed by atoms with Gasteiger partial charge in [-0.2, -0.15) is 0 Å². The van der Waals surface area contributed by atoms with Crippen LogP contribution in [0.3, 0.4) is 0 Å². The summed E-state index contributed by atoms with van der Waals surface area (Å²) in [5.41, 5.74) is 0. The number of aromatic amines is 1. The Kier molecular flexibility index (Phi) is 5.14. The van der Waals surface area contributed by atoms with E-state index in [1.54, 1.807) is 13.3 Å². The van der Waals surface area contributed by atoms with Crippen LogP contribution in [0.5, 0.6) is 0 Å². The number of H-pyrrole nitrogens is 1. The number of rotatable bonds is 5. The zero-order valence-corrected chi connectivity index (χ0v) is 12.5. The molecule has 0 aliphatic carbocycles. The maximum absolute atomic E-state index is 12.4. The van der Waals surface area contributed by atoms with E-state index in [0.29, 0.717) is 13.2 Å². The van der Waals surface area contributed by atoms with Gasteiger partial charge in [0.2, 0.25) is 5.91 Å². The number of carbonyl (C=O) groups excluding carboxylic acids is 1. The number of imidazole rings is 1. The number of aromatic nitrogens is 2. The van der Waals surface area contributed by atoms with Gasteiger partial charge in [-0.05, 0) is 6.54 Å². The highest BCUT2D eigenvalue weighted by Crippen LogP contribution is 2.23. The number of nitrogens with zero attached hydrogens (tertiary/aromatic N) is 3. The number of piperazine rings is 1. The Hall–Kier alpha value is -1.40. The van der Waals surface area contributed by atoms with E-state index in [2.05, 4.69) is 21.8 Å². The second-order valence-electron chi connectivity index (χ2n) is 5.26. The number of carbonyl (C=O) groups is 1. The van der Waals surface area contributed by atoms with Crippen molar-refractivity contribution in [3.63, 3.8) is 0 Å². The molecule has 1 N–H and O–H groups in total. The number of amides is 1. The topological polar surface area (TPSA) is 61.5 Å². The predicted octanol–water partition coefficient (Wildman–Crippen LogP) is 0.897. The summed E-state index contributed by atoms with van der Waals surface area (Å²) in [6, 6.07) is 0.155. The standard InChI is InChI=1S/C14H24N4O2/c1-4-17-7-8-18(14(19)11(2)10-20-3)9-12(17)13-15-5-6-16-13/h5-6,11-12H,4,7-10H2,1-3H3,(H,15,16)/t11-,12+/m1/s1. The fraction of sp³-hybridized carbons (Fsp3) is 0.714. The van der Waals surface area contributed by atoms with Gasteiger partial charge in [-0.3, -0.25) is 9.69 Å². The fourth-order valence-electron chi connectivity index (χ4n) is 2.75. The number of hydrogen-bond donors (Lipinski definition) is 1. The molecule has 1 aromatic heterocycles. The molecule has 0 saturated carbocycles. The molecule has 1 fully saturated rings. The van der Waals surface area contributed by atoms with Crippen molar-refractivity contribution in [3.8, 4) is 0 Å². The molecule has 2 atom stereocenters. The van der Waals surface area contributed by atoms with Crippen molar-refractivity contribution in [3.05, 3.63) is 18.2 Å². The van der Waals surface area contributed by atoms with E-state index in [1.165, 1.54) is 0 Å². The Labute approximate surface area is 120 Å². The molecule has 0 unspecified atom stereocenters. The summed E-state index contributed by atoms with van der Waals surface area (Å²) < 4.78 is 5.08. The largest absolute Gasteiger partial charge is 0.384 e. The van der Waals surface area contributed by atoms with E-state index < -0.39 is 0 Å². The lowest BCUT2D eigenvalue weighted by molar-refractivity contribution is -0.139. The SMILES string of the molecule is CCN1CCN(C(=O)[C@H](C)COC)C[C@H]1c1ncc[nH]1. The first-order valence-electron chi connectivity index (χ1n) is 7.18. The van der Waals surface area contributed by atoms with Crippen LogP contribution in [0.25, 0.3) is 0 Å². The first kappa shape index (κ1) is 15.0. The first-order valence-corrected chi connectivity index (χ1v) is 7.18. The second kappa shape index (κ2) is 6.85.